The number of methoxy groups -OCH3 is 1. The molecule has 6 nitrogen and oxygen atoms in total. The van der Waals surface area contributed by atoms with E-state index in [2.05, 4.69) is 10.0 Å². The molecule has 31 heavy (non-hydrogen) atoms. The smallest absolute Gasteiger partial charge is 0.226 e. The first-order valence-electron chi connectivity index (χ1n) is 9.57. The highest BCUT2D eigenvalue weighted by molar-refractivity contribution is 7.99. The molecule has 1 amide bonds. The maximum absolute atomic E-state index is 12.8. The number of para-hydroxylation sites is 1. The van der Waals surface area contributed by atoms with E-state index in [0.717, 1.165) is 16.0 Å². The predicted molar refractivity (Wildman–Crippen MR) is 124 cm³/mol. The first-order chi connectivity index (χ1) is 14.8. The Bertz CT molecular complexity index is 1120. The van der Waals surface area contributed by atoms with Crippen LogP contribution in [0.4, 0.5) is 5.69 Å². The Morgan fingerprint density at radius 3 is 2.26 bits per heavy atom. The fraction of sp³-hybridized carbons (Fsp3) is 0.174. The molecule has 0 aliphatic carbocycles. The molecule has 0 aliphatic rings. The van der Waals surface area contributed by atoms with Gasteiger partial charge in [0.05, 0.1) is 25.1 Å². The van der Waals surface area contributed by atoms with Crippen molar-refractivity contribution >= 4 is 33.4 Å². The topological polar surface area (TPSA) is 84.5 Å². The molecule has 0 unspecified atom stereocenters. The molecule has 0 heterocycles. The van der Waals surface area contributed by atoms with E-state index in [1.54, 1.807) is 43.1 Å². The van der Waals surface area contributed by atoms with Gasteiger partial charge in [0.2, 0.25) is 15.9 Å². The normalized spacial score (nSPS) is 12.2. The lowest BCUT2D eigenvalue weighted by atomic mass is 10.0. The maximum atomic E-state index is 12.8. The standard InChI is InChI=1S/C23H24N2O4S2/c1-29-18-14-12-17(13-15-18)21(25-31(2,27)28)16-23(26)24-20-10-6-7-11-22(20)30-19-8-4-3-5-9-19/h3-15,21,25H,16H2,1-2H3,(H,24,26)/t21-/m1/s1. The van der Waals surface area contributed by atoms with Crippen molar-refractivity contribution in [1.82, 2.24) is 4.72 Å². The van der Waals surface area contributed by atoms with Crippen molar-refractivity contribution in [2.24, 2.45) is 0 Å². The molecule has 3 rings (SSSR count). The summed E-state index contributed by atoms with van der Waals surface area (Å²) in [6.45, 7) is 0. The van der Waals surface area contributed by atoms with E-state index in [1.165, 1.54) is 0 Å². The van der Waals surface area contributed by atoms with E-state index in [4.69, 9.17) is 4.74 Å². The van der Waals surface area contributed by atoms with Gasteiger partial charge in [0.15, 0.2) is 0 Å². The molecule has 2 N–H and O–H groups in total. The third-order valence-corrected chi connectivity index (χ3v) is 6.19. The van der Waals surface area contributed by atoms with Gasteiger partial charge in [0, 0.05) is 16.2 Å². The number of ether oxygens (including phenoxy) is 1. The lowest BCUT2D eigenvalue weighted by molar-refractivity contribution is -0.116. The van der Waals surface area contributed by atoms with Gasteiger partial charge in [-0.3, -0.25) is 4.79 Å². The highest BCUT2D eigenvalue weighted by Crippen LogP contribution is 2.33. The third-order valence-electron chi connectivity index (χ3n) is 4.40. The van der Waals surface area contributed by atoms with Crippen LogP contribution in [0.15, 0.2) is 88.7 Å². The lowest BCUT2D eigenvalue weighted by Gasteiger charge is -2.19. The van der Waals surface area contributed by atoms with Gasteiger partial charge in [-0.05, 0) is 42.0 Å². The quantitative estimate of drug-likeness (QED) is 0.496. The van der Waals surface area contributed by atoms with Crippen LogP contribution in [0.2, 0.25) is 0 Å². The van der Waals surface area contributed by atoms with Crippen molar-refractivity contribution < 1.29 is 17.9 Å². The van der Waals surface area contributed by atoms with Gasteiger partial charge in [0.1, 0.15) is 5.75 Å². The van der Waals surface area contributed by atoms with Crippen molar-refractivity contribution in [3.05, 3.63) is 84.4 Å². The summed E-state index contributed by atoms with van der Waals surface area (Å²) in [5.41, 5.74) is 1.35. The Morgan fingerprint density at radius 2 is 1.61 bits per heavy atom. The van der Waals surface area contributed by atoms with E-state index in [9.17, 15) is 13.2 Å². The number of benzene rings is 3. The van der Waals surface area contributed by atoms with Crippen LogP contribution < -0.4 is 14.8 Å². The van der Waals surface area contributed by atoms with E-state index in [0.29, 0.717) is 17.0 Å². The van der Waals surface area contributed by atoms with Crippen molar-refractivity contribution in [3.8, 4) is 5.75 Å². The van der Waals surface area contributed by atoms with Crippen LogP contribution in [0, 0.1) is 0 Å². The Labute approximate surface area is 187 Å². The first kappa shape index (κ1) is 22.9. The molecule has 0 aliphatic heterocycles. The summed E-state index contributed by atoms with van der Waals surface area (Å²) in [6.07, 6.45) is 1.02. The van der Waals surface area contributed by atoms with Crippen LogP contribution in [-0.4, -0.2) is 27.7 Å². The second-order valence-corrected chi connectivity index (χ2v) is 9.77. The predicted octanol–water partition coefficient (Wildman–Crippen LogP) is 4.47. The van der Waals surface area contributed by atoms with Crippen LogP contribution >= 0.6 is 11.8 Å². The van der Waals surface area contributed by atoms with E-state index in [-0.39, 0.29) is 12.3 Å². The molecule has 162 valence electrons. The average molecular weight is 457 g/mol. The molecule has 8 heteroatoms. The maximum Gasteiger partial charge on any atom is 0.226 e. The van der Waals surface area contributed by atoms with Crippen molar-refractivity contribution in [2.75, 3.05) is 18.7 Å². The molecule has 0 spiro atoms. The van der Waals surface area contributed by atoms with Crippen LogP contribution in [0.25, 0.3) is 0 Å². The summed E-state index contributed by atoms with van der Waals surface area (Å²) in [6, 6.07) is 23.6. The van der Waals surface area contributed by atoms with E-state index in [1.807, 2.05) is 54.6 Å². The number of nitrogens with one attached hydrogen (secondary N) is 2. The zero-order valence-electron chi connectivity index (χ0n) is 17.2. The van der Waals surface area contributed by atoms with Crippen molar-refractivity contribution in [3.63, 3.8) is 0 Å². The number of hydrogen-bond acceptors (Lipinski definition) is 5. The monoisotopic (exact) mass is 456 g/mol. The summed E-state index contributed by atoms with van der Waals surface area (Å²) in [5.74, 6) is 0.358. The van der Waals surface area contributed by atoms with Gasteiger partial charge in [-0.1, -0.05) is 54.2 Å². The number of carbonyl (C=O) groups excluding carboxylic acids is 1. The van der Waals surface area contributed by atoms with Gasteiger partial charge in [-0.15, -0.1) is 0 Å². The molecule has 1 atom stereocenters. The molecule has 0 fully saturated rings. The molecule has 0 saturated heterocycles. The molecule has 0 bridgehead atoms. The number of amides is 1. The summed E-state index contributed by atoms with van der Waals surface area (Å²) in [5, 5.41) is 2.92. The molecule has 0 radical (unpaired) electrons. The largest absolute Gasteiger partial charge is 0.497 e. The fourth-order valence-corrected chi connectivity index (χ4v) is 4.64. The van der Waals surface area contributed by atoms with Crippen LogP contribution in [0.5, 0.6) is 5.75 Å². The van der Waals surface area contributed by atoms with E-state index >= 15 is 0 Å². The second kappa shape index (κ2) is 10.5. The number of sulfonamides is 1. The fourth-order valence-electron chi connectivity index (χ4n) is 2.98. The van der Waals surface area contributed by atoms with Gasteiger partial charge < -0.3 is 10.1 Å². The van der Waals surface area contributed by atoms with Crippen LogP contribution in [0.1, 0.15) is 18.0 Å². The Balaban J connectivity index is 1.76. The lowest BCUT2D eigenvalue weighted by Crippen LogP contribution is -2.30. The Kier molecular flexibility index (Phi) is 7.73. The van der Waals surface area contributed by atoms with Crippen molar-refractivity contribution in [1.29, 1.82) is 0 Å². The highest BCUT2D eigenvalue weighted by atomic mass is 32.2. The molecule has 3 aromatic rings. The number of hydrogen-bond donors (Lipinski definition) is 2. The van der Waals surface area contributed by atoms with Gasteiger partial charge in [0.25, 0.3) is 0 Å². The summed E-state index contributed by atoms with van der Waals surface area (Å²) < 4.78 is 31.4. The first-order valence-corrected chi connectivity index (χ1v) is 12.3. The highest BCUT2D eigenvalue weighted by Gasteiger charge is 2.20. The zero-order chi connectivity index (χ0) is 22.3. The van der Waals surface area contributed by atoms with Gasteiger partial charge in [-0.25, -0.2) is 13.1 Å². The molecular weight excluding hydrogens is 432 g/mol. The summed E-state index contributed by atoms with van der Waals surface area (Å²) in [7, 11) is -1.96. The SMILES string of the molecule is COc1ccc([C@@H](CC(=O)Nc2ccccc2Sc2ccccc2)NS(C)(=O)=O)cc1. The van der Waals surface area contributed by atoms with Crippen LogP contribution in [-0.2, 0) is 14.8 Å². The molecular formula is C23H24N2O4S2. The number of carbonyl (C=O) groups is 1. The minimum Gasteiger partial charge on any atom is -0.497 e. The van der Waals surface area contributed by atoms with E-state index < -0.39 is 16.1 Å². The van der Waals surface area contributed by atoms with Gasteiger partial charge >= 0.3 is 0 Å². The Hall–Kier alpha value is -2.81. The zero-order valence-corrected chi connectivity index (χ0v) is 18.9. The second-order valence-electron chi connectivity index (χ2n) is 6.88. The van der Waals surface area contributed by atoms with Crippen LogP contribution in [0.3, 0.4) is 0 Å². The number of anilines is 1. The summed E-state index contributed by atoms with van der Waals surface area (Å²) >= 11 is 1.55. The molecule has 3 aromatic carbocycles. The van der Waals surface area contributed by atoms with Gasteiger partial charge in [-0.2, -0.15) is 0 Å². The molecule has 0 saturated carbocycles. The third kappa shape index (κ3) is 7.13. The average Bonchev–Trinajstić information content (AvgIpc) is 2.74. The minimum absolute atomic E-state index is 0.0518. The minimum atomic E-state index is -3.52. The number of rotatable bonds is 9. The van der Waals surface area contributed by atoms with Crippen molar-refractivity contribution in [2.45, 2.75) is 22.3 Å². The Morgan fingerprint density at radius 1 is 0.968 bits per heavy atom. The summed E-state index contributed by atoms with van der Waals surface area (Å²) in [4.78, 5) is 14.8. The molecule has 0 aromatic heterocycles.